The third kappa shape index (κ3) is 4.54. The first-order valence-electron chi connectivity index (χ1n) is 14.0. The Bertz CT molecular complexity index is 1410. The van der Waals surface area contributed by atoms with Gasteiger partial charge in [-0.2, -0.15) is 0 Å². The van der Waals surface area contributed by atoms with Crippen LogP contribution in [0.2, 0.25) is 0 Å². The second-order valence-electron chi connectivity index (χ2n) is 11.2. The minimum atomic E-state index is 0.379. The van der Waals surface area contributed by atoms with E-state index in [2.05, 4.69) is 89.3 Å². The minimum absolute atomic E-state index is 0.379. The smallest absolute Gasteiger partial charge is 0.161 e. The maximum Gasteiger partial charge on any atom is 0.161 e. The summed E-state index contributed by atoms with van der Waals surface area (Å²) in [4.78, 5) is 9.10. The molecule has 3 heterocycles. The highest BCUT2D eigenvalue weighted by molar-refractivity contribution is 5.94. The Morgan fingerprint density at radius 2 is 1.74 bits per heavy atom. The number of aromatic nitrogens is 1. The van der Waals surface area contributed by atoms with Gasteiger partial charge >= 0.3 is 0 Å². The van der Waals surface area contributed by atoms with Crippen LogP contribution < -0.4 is 14.4 Å². The molecule has 198 valence electrons. The summed E-state index contributed by atoms with van der Waals surface area (Å²) in [5.41, 5.74) is 7.60. The van der Waals surface area contributed by atoms with Crippen LogP contribution in [0.25, 0.3) is 22.2 Å². The largest absolute Gasteiger partial charge is 0.493 e. The molecule has 5 heteroatoms. The first-order chi connectivity index (χ1) is 18.6. The van der Waals surface area contributed by atoms with Crippen LogP contribution in [0, 0.1) is 5.92 Å². The van der Waals surface area contributed by atoms with E-state index in [0.717, 1.165) is 42.6 Å². The summed E-state index contributed by atoms with van der Waals surface area (Å²) in [5, 5.41) is 1.32. The van der Waals surface area contributed by atoms with Gasteiger partial charge in [0.15, 0.2) is 11.5 Å². The van der Waals surface area contributed by atoms with E-state index < -0.39 is 0 Å². The number of benzene rings is 3. The molecule has 38 heavy (non-hydrogen) atoms. The average Bonchev–Trinajstić information content (AvgIpc) is 3.53. The van der Waals surface area contributed by atoms with Crippen molar-refractivity contribution >= 4 is 16.6 Å². The van der Waals surface area contributed by atoms with Crippen LogP contribution in [0.5, 0.6) is 11.5 Å². The number of nitrogens with one attached hydrogen (secondary N) is 1. The summed E-state index contributed by atoms with van der Waals surface area (Å²) in [6.07, 6.45) is 2.60. The highest BCUT2D eigenvalue weighted by Crippen LogP contribution is 2.41. The van der Waals surface area contributed by atoms with Gasteiger partial charge in [-0.1, -0.05) is 44.2 Å². The fourth-order valence-corrected chi connectivity index (χ4v) is 6.76. The van der Waals surface area contributed by atoms with E-state index in [9.17, 15) is 0 Å². The van der Waals surface area contributed by atoms with E-state index in [-0.39, 0.29) is 0 Å². The summed E-state index contributed by atoms with van der Waals surface area (Å²) < 4.78 is 11.1. The van der Waals surface area contributed by atoms with Gasteiger partial charge in [0.1, 0.15) is 0 Å². The molecule has 0 aliphatic carbocycles. The predicted molar refractivity (Wildman–Crippen MR) is 157 cm³/mol. The molecule has 6 rings (SSSR count). The van der Waals surface area contributed by atoms with Crippen LogP contribution in [0.1, 0.15) is 43.7 Å². The number of rotatable bonds is 7. The number of aromatic amines is 1. The Morgan fingerprint density at radius 3 is 2.50 bits per heavy atom. The second kappa shape index (κ2) is 10.4. The lowest BCUT2D eigenvalue weighted by Gasteiger charge is -2.39. The lowest BCUT2D eigenvalue weighted by atomic mass is 9.91. The highest BCUT2D eigenvalue weighted by atomic mass is 16.5. The molecule has 0 spiro atoms. The Morgan fingerprint density at radius 1 is 0.921 bits per heavy atom. The van der Waals surface area contributed by atoms with Crippen molar-refractivity contribution in [3.05, 3.63) is 77.9 Å². The number of piperidine rings is 1. The summed E-state index contributed by atoms with van der Waals surface area (Å²) in [7, 11) is 3.37. The van der Waals surface area contributed by atoms with Gasteiger partial charge in [0.2, 0.25) is 0 Å². The molecule has 1 N–H and O–H groups in total. The van der Waals surface area contributed by atoms with Gasteiger partial charge in [0.05, 0.1) is 19.9 Å². The summed E-state index contributed by atoms with van der Waals surface area (Å²) in [6, 6.07) is 24.7. The highest BCUT2D eigenvalue weighted by Gasteiger charge is 2.39. The molecule has 0 radical (unpaired) electrons. The maximum absolute atomic E-state index is 5.61. The second-order valence-corrected chi connectivity index (χ2v) is 11.2. The van der Waals surface area contributed by atoms with E-state index in [0.29, 0.717) is 12.0 Å². The normalized spacial score (nSPS) is 19.8. The molecule has 2 fully saturated rings. The molecule has 0 amide bonds. The first-order valence-corrected chi connectivity index (χ1v) is 14.0. The van der Waals surface area contributed by atoms with E-state index in [1.54, 1.807) is 14.2 Å². The van der Waals surface area contributed by atoms with E-state index >= 15 is 0 Å². The zero-order valence-corrected chi connectivity index (χ0v) is 23.0. The van der Waals surface area contributed by atoms with Crippen molar-refractivity contribution in [3.8, 4) is 22.8 Å². The van der Waals surface area contributed by atoms with Gasteiger partial charge in [-0.05, 0) is 72.2 Å². The van der Waals surface area contributed by atoms with Crippen molar-refractivity contribution in [2.45, 2.75) is 45.2 Å². The number of likely N-dealkylation sites (tertiary alicyclic amines) is 1. The fourth-order valence-electron chi connectivity index (χ4n) is 6.76. The van der Waals surface area contributed by atoms with Crippen molar-refractivity contribution in [1.82, 2.24) is 9.88 Å². The Balaban J connectivity index is 1.33. The number of fused-ring (bicyclic) bond motifs is 2. The molecule has 0 bridgehead atoms. The monoisotopic (exact) mass is 509 g/mol. The number of hydrogen-bond acceptors (Lipinski definition) is 4. The molecule has 4 aromatic rings. The average molecular weight is 510 g/mol. The summed E-state index contributed by atoms with van der Waals surface area (Å²) >= 11 is 0. The van der Waals surface area contributed by atoms with Crippen molar-refractivity contribution < 1.29 is 9.47 Å². The predicted octanol–water partition coefficient (Wildman–Crippen LogP) is 7.08. The van der Waals surface area contributed by atoms with Crippen molar-refractivity contribution in [2.75, 3.05) is 38.8 Å². The molecule has 2 aliphatic rings. The molecule has 1 aromatic heterocycles. The van der Waals surface area contributed by atoms with Crippen LogP contribution in [0.4, 0.5) is 5.69 Å². The lowest BCUT2D eigenvalue weighted by Crippen LogP contribution is -2.45. The van der Waals surface area contributed by atoms with Gasteiger partial charge in [-0.15, -0.1) is 0 Å². The standard InChI is InChI=1S/C33H39N3O2/c1-22(2)32-27-18-26(13-14-28(27)34-33(32)24-12-15-30(37-3)31(17-24)38-4)36-16-8-11-25-20-35(21-29(25)36)19-23-9-6-5-7-10-23/h5-7,9-10,12-15,17-18,22,25,29,34H,8,11,16,19-21H2,1-4H3. The Labute approximate surface area is 226 Å². The molecule has 3 aromatic carbocycles. The van der Waals surface area contributed by atoms with E-state index in [1.165, 1.54) is 52.8 Å². The number of ether oxygens (including phenoxy) is 2. The van der Waals surface area contributed by atoms with Crippen molar-refractivity contribution in [3.63, 3.8) is 0 Å². The lowest BCUT2D eigenvalue weighted by molar-refractivity contribution is 0.313. The van der Waals surface area contributed by atoms with Gasteiger partial charge in [-0.25, -0.2) is 0 Å². The Hall–Kier alpha value is -3.44. The first kappa shape index (κ1) is 24.9. The molecule has 2 atom stereocenters. The van der Waals surface area contributed by atoms with Crippen molar-refractivity contribution in [1.29, 1.82) is 0 Å². The van der Waals surface area contributed by atoms with Crippen LogP contribution >= 0.6 is 0 Å². The van der Waals surface area contributed by atoms with Crippen LogP contribution in [0.3, 0.4) is 0 Å². The number of hydrogen-bond donors (Lipinski definition) is 1. The van der Waals surface area contributed by atoms with Crippen LogP contribution in [0.15, 0.2) is 66.7 Å². The third-order valence-corrected chi connectivity index (χ3v) is 8.51. The number of anilines is 1. The van der Waals surface area contributed by atoms with E-state index in [4.69, 9.17) is 9.47 Å². The Kier molecular flexibility index (Phi) is 6.79. The summed E-state index contributed by atoms with van der Waals surface area (Å²) in [6.45, 7) is 9.09. The topological polar surface area (TPSA) is 40.7 Å². The van der Waals surface area contributed by atoms with Gasteiger partial charge in [0.25, 0.3) is 0 Å². The molecule has 2 aliphatic heterocycles. The molecule has 0 saturated carbocycles. The van der Waals surface area contributed by atoms with Gasteiger partial charge < -0.3 is 19.4 Å². The number of nitrogens with zero attached hydrogens (tertiary/aromatic N) is 2. The van der Waals surface area contributed by atoms with E-state index in [1.807, 2.05) is 6.07 Å². The zero-order chi connectivity index (χ0) is 26.2. The molecule has 2 unspecified atom stereocenters. The molecule has 5 nitrogen and oxygen atoms in total. The fraction of sp³-hybridized carbons (Fsp3) is 0.394. The van der Waals surface area contributed by atoms with Gasteiger partial charge in [-0.3, -0.25) is 4.90 Å². The van der Waals surface area contributed by atoms with Crippen LogP contribution in [-0.2, 0) is 6.54 Å². The number of H-pyrrole nitrogens is 1. The molecular formula is C33H39N3O2. The summed E-state index contributed by atoms with van der Waals surface area (Å²) in [5.74, 6) is 2.61. The van der Waals surface area contributed by atoms with Crippen molar-refractivity contribution in [2.24, 2.45) is 5.92 Å². The minimum Gasteiger partial charge on any atom is -0.493 e. The number of methoxy groups -OCH3 is 2. The zero-order valence-electron chi connectivity index (χ0n) is 23.0. The quantitative estimate of drug-likeness (QED) is 0.289. The SMILES string of the molecule is COc1ccc(-c2[nH]c3ccc(N4CCCC5CN(Cc6ccccc6)CC54)cc3c2C(C)C)cc1OC. The molecule has 2 saturated heterocycles. The van der Waals surface area contributed by atoms with Crippen LogP contribution in [-0.4, -0.2) is 49.8 Å². The maximum atomic E-state index is 5.61. The third-order valence-electron chi connectivity index (χ3n) is 8.51. The van der Waals surface area contributed by atoms with Gasteiger partial charge in [0, 0.05) is 54.4 Å². The molecular weight excluding hydrogens is 470 g/mol.